The molecule has 1 aromatic carbocycles. The largest absolute Gasteiger partial charge is 0.468 e. The van der Waals surface area contributed by atoms with Crippen LogP contribution in [0.15, 0.2) is 41.0 Å². The van der Waals surface area contributed by atoms with Gasteiger partial charge in [0, 0.05) is 11.6 Å². The van der Waals surface area contributed by atoms with Gasteiger partial charge in [-0.3, -0.25) is 0 Å². The van der Waals surface area contributed by atoms with Crippen LogP contribution in [0, 0.1) is 11.6 Å². The van der Waals surface area contributed by atoms with Crippen LogP contribution in [0.1, 0.15) is 24.3 Å². The van der Waals surface area contributed by atoms with Crippen LogP contribution in [0.4, 0.5) is 8.78 Å². The topological polar surface area (TPSA) is 25.2 Å². The molecule has 0 saturated heterocycles. The first-order chi connectivity index (χ1) is 8.16. The summed E-state index contributed by atoms with van der Waals surface area (Å²) in [4.78, 5) is 0. The van der Waals surface area contributed by atoms with E-state index in [9.17, 15) is 8.78 Å². The van der Waals surface area contributed by atoms with Crippen LogP contribution in [0.2, 0.25) is 0 Å². The number of hydrogen-bond acceptors (Lipinski definition) is 2. The summed E-state index contributed by atoms with van der Waals surface area (Å²) in [7, 11) is 0. The van der Waals surface area contributed by atoms with Crippen LogP contribution in [0.25, 0.3) is 0 Å². The lowest BCUT2D eigenvalue weighted by Gasteiger charge is -2.14. The molecule has 0 bridgehead atoms. The first-order valence-electron chi connectivity index (χ1n) is 5.37. The highest BCUT2D eigenvalue weighted by Gasteiger charge is 2.11. The van der Waals surface area contributed by atoms with Gasteiger partial charge in [-0.05, 0) is 37.3 Å². The first-order valence-corrected chi connectivity index (χ1v) is 5.37. The van der Waals surface area contributed by atoms with E-state index >= 15 is 0 Å². The van der Waals surface area contributed by atoms with Crippen molar-refractivity contribution in [2.24, 2.45) is 0 Å². The second-order valence-corrected chi connectivity index (χ2v) is 3.85. The van der Waals surface area contributed by atoms with Crippen LogP contribution in [-0.4, -0.2) is 0 Å². The van der Waals surface area contributed by atoms with Gasteiger partial charge in [-0.1, -0.05) is 0 Å². The molecule has 1 unspecified atom stereocenters. The minimum atomic E-state index is -0.437. The molecule has 0 aliphatic heterocycles. The molecular weight excluding hydrogens is 224 g/mol. The zero-order valence-corrected chi connectivity index (χ0v) is 9.41. The molecule has 0 radical (unpaired) electrons. The average molecular weight is 237 g/mol. The summed E-state index contributed by atoms with van der Waals surface area (Å²) in [5, 5.41) is 3.07. The van der Waals surface area contributed by atoms with Gasteiger partial charge >= 0.3 is 0 Å². The van der Waals surface area contributed by atoms with Gasteiger partial charge in [-0.2, -0.15) is 0 Å². The third-order valence-corrected chi connectivity index (χ3v) is 2.59. The standard InChI is InChI=1S/C13H13F2NO/c1-9(16-8-11-3-2-6-17-11)12-7-10(14)4-5-13(12)15/h2-7,9,16H,8H2,1H3. The Morgan fingerprint density at radius 2 is 2.12 bits per heavy atom. The van der Waals surface area contributed by atoms with Gasteiger partial charge < -0.3 is 9.73 Å². The summed E-state index contributed by atoms with van der Waals surface area (Å²) in [6, 6.07) is 6.77. The summed E-state index contributed by atoms with van der Waals surface area (Å²) < 4.78 is 31.6. The zero-order chi connectivity index (χ0) is 12.3. The molecule has 0 aliphatic carbocycles. The smallest absolute Gasteiger partial charge is 0.128 e. The van der Waals surface area contributed by atoms with E-state index in [0.717, 1.165) is 17.9 Å². The fourth-order valence-corrected chi connectivity index (χ4v) is 1.62. The van der Waals surface area contributed by atoms with Crippen molar-refractivity contribution >= 4 is 0 Å². The Morgan fingerprint density at radius 1 is 1.29 bits per heavy atom. The highest BCUT2D eigenvalue weighted by Crippen LogP contribution is 2.18. The molecule has 1 heterocycles. The van der Waals surface area contributed by atoms with E-state index in [2.05, 4.69) is 5.32 Å². The Morgan fingerprint density at radius 3 is 2.82 bits per heavy atom. The molecular formula is C13H13F2NO. The molecule has 90 valence electrons. The highest BCUT2D eigenvalue weighted by molar-refractivity contribution is 5.21. The fourth-order valence-electron chi connectivity index (χ4n) is 1.62. The number of halogens is 2. The van der Waals surface area contributed by atoms with Crippen molar-refractivity contribution in [3.05, 3.63) is 59.6 Å². The van der Waals surface area contributed by atoms with E-state index in [-0.39, 0.29) is 6.04 Å². The minimum absolute atomic E-state index is 0.282. The Bertz CT molecular complexity index is 482. The monoisotopic (exact) mass is 237 g/mol. The van der Waals surface area contributed by atoms with Crippen molar-refractivity contribution in [1.29, 1.82) is 0 Å². The van der Waals surface area contributed by atoms with Crippen molar-refractivity contribution in [2.75, 3.05) is 0 Å². The number of furan rings is 1. The van der Waals surface area contributed by atoms with Crippen molar-refractivity contribution in [2.45, 2.75) is 19.5 Å². The minimum Gasteiger partial charge on any atom is -0.468 e. The third kappa shape index (κ3) is 2.91. The lowest BCUT2D eigenvalue weighted by molar-refractivity contribution is 0.451. The molecule has 0 spiro atoms. The Hall–Kier alpha value is -1.68. The van der Waals surface area contributed by atoms with Gasteiger partial charge in [-0.15, -0.1) is 0 Å². The maximum Gasteiger partial charge on any atom is 0.128 e. The predicted octanol–water partition coefficient (Wildman–Crippen LogP) is 3.41. The van der Waals surface area contributed by atoms with E-state index in [1.165, 1.54) is 6.07 Å². The van der Waals surface area contributed by atoms with E-state index in [1.807, 2.05) is 6.07 Å². The zero-order valence-electron chi connectivity index (χ0n) is 9.41. The molecule has 0 aliphatic rings. The normalized spacial score (nSPS) is 12.6. The van der Waals surface area contributed by atoms with Crippen molar-refractivity contribution in [1.82, 2.24) is 5.32 Å². The van der Waals surface area contributed by atoms with Gasteiger partial charge in [-0.25, -0.2) is 8.78 Å². The van der Waals surface area contributed by atoms with Crippen molar-refractivity contribution in [3.63, 3.8) is 0 Å². The molecule has 0 saturated carbocycles. The Balaban J connectivity index is 2.04. The number of nitrogens with one attached hydrogen (secondary N) is 1. The van der Waals surface area contributed by atoms with Gasteiger partial charge in [0.1, 0.15) is 17.4 Å². The lowest BCUT2D eigenvalue weighted by Crippen LogP contribution is -2.19. The summed E-state index contributed by atoms with van der Waals surface area (Å²) in [6.07, 6.45) is 1.57. The second kappa shape index (κ2) is 5.10. The van der Waals surface area contributed by atoms with Crippen LogP contribution in [0.3, 0.4) is 0 Å². The molecule has 1 N–H and O–H groups in total. The second-order valence-electron chi connectivity index (χ2n) is 3.85. The lowest BCUT2D eigenvalue weighted by atomic mass is 10.1. The molecule has 0 amide bonds. The van der Waals surface area contributed by atoms with Crippen molar-refractivity contribution < 1.29 is 13.2 Å². The molecule has 1 aromatic heterocycles. The van der Waals surface area contributed by atoms with E-state index < -0.39 is 11.6 Å². The molecule has 0 fully saturated rings. The highest BCUT2D eigenvalue weighted by atomic mass is 19.1. The van der Waals surface area contributed by atoms with Crippen LogP contribution < -0.4 is 5.32 Å². The predicted molar refractivity (Wildman–Crippen MR) is 60.3 cm³/mol. The molecule has 4 heteroatoms. The van der Waals surface area contributed by atoms with E-state index in [0.29, 0.717) is 12.1 Å². The fraction of sp³-hybridized carbons (Fsp3) is 0.231. The Labute approximate surface area is 98.3 Å². The van der Waals surface area contributed by atoms with Crippen LogP contribution >= 0.6 is 0 Å². The third-order valence-electron chi connectivity index (χ3n) is 2.59. The first kappa shape index (κ1) is 11.8. The van der Waals surface area contributed by atoms with Gasteiger partial charge in [0.15, 0.2) is 0 Å². The number of benzene rings is 1. The van der Waals surface area contributed by atoms with Crippen molar-refractivity contribution in [3.8, 4) is 0 Å². The maximum absolute atomic E-state index is 13.5. The van der Waals surface area contributed by atoms with Crippen LogP contribution in [0.5, 0.6) is 0 Å². The maximum atomic E-state index is 13.5. The molecule has 2 nitrogen and oxygen atoms in total. The molecule has 2 aromatic rings. The quantitative estimate of drug-likeness (QED) is 0.881. The summed E-state index contributed by atoms with van der Waals surface area (Å²) in [6.45, 7) is 2.25. The van der Waals surface area contributed by atoms with E-state index in [4.69, 9.17) is 4.42 Å². The van der Waals surface area contributed by atoms with Crippen LogP contribution in [-0.2, 0) is 6.54 Å². The van der Waals surface area contributed by atoms with Gasteiger partial charge in [0.25, 0.3) is 0 Å². The SMILES string of the molecule is CC(NCc1ccco1)c1cc(F)ccc1F. The Kier molecular flexibility index (Phi) is 3.54. The van der Waals surface area contributed by atoms with Gasteiger partial charge in [0.05, 0.1) is 12.8 Å². The summed E-state index contributed by atoms with van der Waals surface area (Å²) in [5.41, 5.74) is 0.316. The summed E-state index contributed by atoms with van der Waals surface area (Å²) >= 11 is 0. The number of rotatable bonds is 4. The molecule has 2 rings (SSSR count). The molecule has 17 heavy (non-hydrogen) atoms. The average Bonchev–Trinajstić information content (AvgIpc) is 2.82. The number of hydrogen-bond donors (Lipinski definition) is 1. The van der Waals surface area contributed by atoms with Gasteiger partial charge in [0.2, 0.25) is 0 Å². The molecule has 1 atom stereocenters. The van der Waals surface area contributed by atoms with E-state index in [1.54, 1.807) is 19.3 Å². The summed E-state index contributed by atoms with van der Waals surface area (Å²) in [5.74, 6) is -0.0902.